The van der Waals surface area contributed by atoms with Crippen molar-refractivity contribution in [2.45, 2.75) is 45.2 Å². The number of rotatable bonds is 6. The zero-order chi connectivity index (χ0) is 12.1. The topological polar surface area (TPSA) is 81.1 Å². The van der Waals surface area contributed by atoms with E-state index < -0.39 is 6.03 Å². The van der Waals surface area contributed by atoms with Gasteiger partial charge in [-0.2, -0.15) is 0 Å². The van der Waals surface area contributed by atoms with Crippen LogP contribution in [0.25, 0.3) is 0 Å². The van der Waals surface area contributed by atoms with Crippen LogP contribution in [0.4, 0.5) is 4.79 Å². The predicted molar refractivity (Wildman–Crippen MR) is 72.1 cm³/mol. The number of amides is 2. The minimum Gasteiger partial charge on any atom is -0.352 e. The molecule has 1 unspecified atom stereocenters. The van der Waals surface area contributed by atoms with Crippen molar-refractivity contribution >= 4 is 28.6 Å². The van der Waals surface area contributed by atoms with E-state index in [1.54, 1.807) is 0 Å². The fourth-order valence-electron chi connectivity index (χ4n) is 1.77. The summed E-state index contributed by atoms with van der Waals surface area (Å²) in [6, 6.07) is -0.325. The van der Waals surface area contributed by atoms with Crippen LogP contribution in [0.5, 0.6) is 0 Å². The first-order valence-electron chi connectivity index (χ1n) is 5.17. The maximum atomic E-state index is 10.8. The number of nitrogens with two attached hydrogens (primary N) is 2. The maximum Gasteiger partial charge on any atom is 0.312 e. The highest BCUT2D eigenvalue weighted by Gasteiger charge is 2.23. The third-order valence-electron chi connectivity index (χ3n) is 2.28. The Kier molecular flexibility index (Phi) is 6.51. The quantitative estimate of drug-likeness (QED) is 0.512. The second-order valence-corrected chi connectivity index (χ2v) is 5.84. The lowest BCUT2D eigenvalue weighted by Gasteiger charge is -2.29. The minimum absolute atomic E-state index is 0.127. The SMILES string of the molecule is CC(CC(C)(C)N)[C@@H](CCI)NC(N)=O. The van der Waals surface area contributed by atoms with E-state index in [4.69, 9.17) is 11.5 Å². The van der Waals surface area contributed by atoms with Crippen molar-refractivity contribution in [2.24, 2.45) is 17.4 Å². The highest BCUT2D eigenvalue weighted by atomic mass is 127. The fourth-order valence-corrected chi connectivity index (χ4v) is 2.44. The molecule has 5 N–H and O–H groups in total. The Labute approximate surface area is 106 Å². The van der Waals surface area contributed by atoms with Gasteiger partial charge in [-0.25, -0.2) is 4.79 Å². The Balaban J connectivity index is 4.27. The van der Waals surface area contributed by atoms with E-state index in [0.717, 1.165) is 17.3 Å². The number of urea groups is 1. The van der Waals surface area contributed by atoms with E-state index in [9.17, 15) is 4.79 Å². The van der Waals surface area contributed by atoms with Crippen molar-refractivity contribution in [3.63, 3.8) is 0 Å². The molecule has 4 nitrogen and oxygen atoms in total. The monoisotopic (exact) mass is 327 g/mol. The Hall–Kier alpha value is -0.0400. The standard InChI is InChI=1S/C10H22IN3O/c1-7(6-10(2,3)13)8(4-5-11)14-9(12)15/h7-8H,4-6,13H2,1-3H3,(H3,12,14,15)/t7?,8-/m1/s1. The molecule has 0 saturated heterocycles. The average Bonchev–Trinajstić information content (AvgIpc) is 1.99. The molecule has 0 saturated carbocycles. The van der Waals surface area contributed by atoms with Crippen LogP contribution in [0.2, 0.25) is 0 Å². The van der Waals surface area contributed by atoms with Gasteiger partial charge in [0.15, 0.2) is 0 Å². The molecule has 5 heteroatoms. The maximum absolute atomic E-state index is 10.8. The number of carbonyl (C=O) groups excluding carboxylic acids is 1. The van der Waals surface area contributed by atoms with E-state index in [-0.39, 0.29) is 11.6 Å². The molecule has 0 aliphatic heterocycles. The fraction of sp³-hybridized carbons (Fsp3) is 0.900. The molecule has 15 heavy (non-hydrogen) atoms. The summed E-state index contributed by atoms with van der Waals surface area (Å²) in [5.41, 5.74) is 10.9. The first-order chi connectivity index (χ1) is 6.76. The van der Waals surface area contributed by atoms with Gasteiger partial charge in [-0.05, 0) is 32.6 Å². The molecule has 0 aliphatic rings. The van der Waals surface area contributed by atoms with Crippen LogP contribution in [-0.4, -0.2) is 22.0 Å². The third-order valence-corrected chi connectivity index (χ3v) is 2.91. The molecule has 0 heterocycles. The molecular weight excluding hydrogens is 305 g/mol. The van der Waals surface area contributed by atoms with Gasteiger partial charge in [0, 0.05) is 16.0 Å². The normalized spacial score (nSPS) is 15.8. The number of primary amides is 1. The smallest absolute Gasteiger partial charge is 0.312 e. The van der Waals surface area contributed by atoms with Gasteiger partial charge in [0.25, 0.3) is 0 Å². The summed E-state index contributed by atoms with van der Waals surface area (Å²) in [6.07, 6.45) is 1.80. The molecule has 0 rings (SSSR count). The van der Waals surface area contributed by atoms with Gasteiger partial charge >= 0.3 is 6.03 Å². The molecule has 0 aromatic rings. The lowest BCUT2D eigenvalue weighted by atomic mass is 9.87. The first-order valence-corrected chi connectivity index (χ1v) is 6.69. The number of alkyl halides is 1. The molecule has 0 radical (unpaired) electrons. The summed E-state index contributed by atoms with van der Waals surface area (Å²) in [6.45, 7) is 6.09. The molecule has 90 valence electrons. The van der Waals surface area contributed by atoms with Gasteiger partial charge < -0.3 is 16.8 Å². The van der Waals surface area contributed by atoms with Crippen LogP contribution in [0.1, 0.15) is 33.6 Å². The molecule has 0 aromatic heterocycles. The van der Waals surface area contributed by atoms with Crippen LogP contribution in [0.15, 0.2) is 0 Å². The zero-order valence-electron chi connectivity index (χ0n) is 9.72. The van der Waals surface area contributed by atoms with E-state index in [1.807, 2.05) is 13.8 Å². The van der Waals surface area contributed by atoms with Crippen LogP contribution < -0.4 is 16.8 Å². The van der Waals surface area contributed by atoms with E-state index >= 15 is 0 Å². The van der Waals surface area contributed by atoms with Crippen LogP contribution in [0.3, 0.4) is 0 Å². The highest BCUT2D eigenvalue weighted by Crippen LogP contribution is 2.19. The molecule has 0 fully saturated rings. The van der Waals surface area contributed by atoms with Gasteiger partial charge in [0.05, 0.1) is 0 Å². The Morgan fingerprint density at radius 3 is 2.40 bits per heavy atom. The van der Waals surface area contributed by atoms with E-state index in [2.05, 4.69) is 34.8 Å². The van der Waals surface area contributed by atoms with E-state index in [1.165, 1.54) is 0 Å². The van der Waals surface area contributed by atoms with Crippen LogP contribution in [0, 0.1) is 5.92 Å². The molecule has 0 aromatic carbocycles. The minimum atomic E-state index is -0.452. The lowest BCUT2D eigenvalue weighted by molar-refractivity contribution is 0.234. The number of hydrogen-bond acceptors (Lipinski definition) is 2. The lowest BCUT2D eigenvalue weighted by Crippen LogP contribution is -2.46. The third kappa shape index (κ3) is 7.84. The molecule has 2 atom stereocenters. The van der Waals surface area contributed by atoms with Crippen molar-refractivity contribution in [3.05, 3.63) is 0 Å². The van der Waals surface area contributed by atoms with Crippen molar-refractivity contribution in [1.29, 1.82) is 0 Å². The van der Waals surface area contributed by atoms with Crippen molar-refractivity contribution in [2.75, 3.05) is 4.43 Å². The van der Waals surface area contributed by atoms with Gasteiger partial charge in [-0.3, -0.25) is 0 Å². The van der Waals surface area contributed by atoms with Crippen LogP contribution >= 0.6 is 22.6 Å². The molecule has 0 spiro atoms. The summed E-state index contributed by atoms with van der Waals surface area (Å²) >= 11 is 2.30. The Morgan fingerprint density at radius 1 is 1.53 bits per heavy atom. The zero-order valence-corrected chi connectivity index (χ0v) is 11.9. The number of halogens is 1. The predicted octanol–water partition coefficient (Wildman–Crippen LogP) is 1.61. The van der Waals surface area contributed by atoms with Gasteiger partial charge in [-0.1, -0.05) is 29.5 Å². The van der Waals surface area contributed by atoms with Crippen molar-refractivity contribution in [3.8, 4) is 0 Å². The second kappa shape index (κ2) is 6.52. The molecule has 0 aliphatic carbocycles. The van der Waals surface area contributed by atoms with Crippen LogP contribution in [-0.2, 0) is 0 Å². The van der Waals surface area contributed by atoms with Crippen molar-refractivity contribution in [1.82, 2.24) is 5.32 Å². The summed E-state index contributed by atoms with van der Waals surface area (Å²) in [7, 11) is 0. The highest BCUT2D eigenvalue weighted by molar-refractivity contribution is 14.1. The Morgan fingerprint density at radius 2 is 2.07 bits per heavy atom. The van der Waals surface area contributed by atoms with Crippen molar-refractivity contribution < 1.29 is 4.79 Å². The molecule has 0 bridgehead atoms. The Bertz CT molecular complexity index is 203. The number of hydrogen-bond donors (Lipinski definition) is 3. The molecular formula is C10H22IN3O. The summed E-state index contributed by atoms with van der Waals surface area (Å²) in [5, 5.41) is 2.78. The summed E-state index contributed by atoms with van der Waals surface area (Å²) < 4.78 is 0.998. The number of carbonyl (C=O) groups is 1. The summed E-state index contributed by atoms with van der Waals surface area (Å²) in [4.78, 5) is 10.8. The van der Waals surface area contributed by atoms with Gasteiger partial charge in [0.1, 0.15) is 0 Å². The van der Waals surface area contributed by atoms with E-state index in [0.29, 0.717) is 5.92 Å². The summed E-state index contributed by atoms with van der Waals surface area (Å²) in [5.74, 6) is 0.340. The van der Waals surface area contributed by atoms with Gasteiger partial charge in [0.2, 0.25) is 0 Å². The number of nitrogens with one attached hydrogen (secondary N) is 1. The second-order valence-electron chi connectivity index (χ2n) is 4.76. The molecule has 2 amide bonds. The average molecular weight is 327 g/mol. The first kappa shape index (κ1) is 15.0. The largest absolute Gasteiger partial charge is 0.352 e. The van der Waals surface area contributed by atoms with Gasteiger partial charge in [-0.15, -0.1) is 0 Å².